The summed E-state index contributed by atoms with van der Waals surface area (Å²) in [5.41, 5.74) is 1.25. The highest BCUT2D eigenvalue weighted by atomic mass is 19.2. The Morgan fingerprint density at radius 2 is 2.21 bits per heavy atom. The lowest BCUT2D eigenvalue weighted by atomic mass is 10.1. The van der Waals surface area contributed by atoms with Gasteiger partial charge in [-0.25, -0.2) is 18.9 Å². The van der Waals surface area contributed by atoms with E-state index in [4.69, 9.17) is 4.74 Å². The Bertz CT molecular complexity index is 1050. The van der Waals surface area contributed by atoms with Gasteiger partial charge in [-0.2, -0.15) is 5.10 Å². The fourth-order valence-corrected chi connectivity index (χ4v) is 2.89. The van der Waals surface area contributed by atoms with Gasteiger partial charge in [-0.3, -0.25) is 9.59 Å². The highest BCUT2D eigenvalue weighted by molar-refractivity contribution is 5.97. The van der Waals surface area contributed by atoms with Crippen LogP contribution in [0.3, 0.4) is 0 Å². The van der Waals surface area contributed by atoms with Crippen LogP contribution < -0.4 is 10.1 Å². The summed E-state index contributed by atoms with van der Waals surface area (Å²) in [5, 5.41) is 9.08. The molecular formula is C18H15F2N5O3. The summed E-state index contributed by atoms with van der Waals surface area (Å²) in [6.07, 6.45) is 4.47. The van der Waals surface area contributed by atoms with E-state index in [0.29, 0.717) is 17.0 Å². The predicted octanol–water partition coefficient (Wildman–Crippen LogP) is 1.24. The quantitative estimate of drug-likeness (QED) is 0.701. The van der Waals surface area contributed by atoms with Gasteiger partial charge in [0.15, 0.2) is 17.4 Å². The molecule has 1 aliphatic heterocycles. The Morgan fingerprint density at radius 1 is 1.36 bits per heavy atom. The number of carbonyl (C=O) groups is 2. The largest absolute Gasteiger partial charge is 0.475 e. The van der Waals surface area contributed by atoms with Gasteiger partial charge in [0.25, 0.3) is 5.91 Å². The predicted molar refractivity (Wildman–Crippen MR) is 91.7 cm³/mol. The highest BCUT2D eigenvalue weighted by Crippen LogP contribution is 2.19. The number of halogens is 2. The number of aromatic nitrogens is 4. The third-order valence-electron chi connectivity index (χ3n) is 4.35. The molecular weight excluding hydrogens is 372 g/mol. The number of imidazole rings is 1. The molecule has 0 saturated heterocycles. The molecule has 0 unspecified atom stereocenters. The molecule has 0 bridgehead atoms. The molecule has 0 saturated carbocycles. The molecule has 8 nitrogen and oxygen atoms in total. The van der Waals surface area contributed by atoms with Gasteiger partial charge >= 0.3 is 0 Å². The number of Topliss-reactive ketones (excluding diaryl/α,β-unsaturated/α-hetero) is 1. The average molecular weight is 387 g/mol. The topological polar surface area (TPSA) is 102 Å². The van der Waals surface area contributed by atoms with Crippen LogP contribution in [0, 0.1) is 11.6 Å². The van der Waals surface area contributed by atoms with Crippen molar-refractivity contribution in [1.29, 1.82) is 0 Å². The molecule has 2 N–H and O–H groups in total. The van der Waals surface area contributed by atoms with Crippen LogP contribution in [0.2, 0.25) is 0 Å². The van der Waals surface area contributed by atoms with E-state index in [1.54, 1.807) is 4.57 Å². The van der Waals surface area contributed by atoms with Crippen LogP contribution in [0.1, 0.15) is 21.6 Å². The zero-order chi connectivity index (χ0) is 19.7. The Kier molecular flexibility index (Phi) is 4.60. The number of amides is 1. The number of nitrogens with zero attached hydrogens (tertiary/aromatic N) is 3. The number of hydrogen-bond acceptors (Lipinski definition) is 5. The third-order valence-corrected chi connectivity index (χ3v) is 4.35. The smallest absolute Gasteiger partial charge is 0.272 e. The van der Waals surface area contributed by atoms with Crippen LogP contribution in [-0.2, 0) is 17.8 Å². The fourth-order valence-electron chi connectivity index (χ4n) is 2.89. The van der Waals surface area contributed by atoms with Gasteiger partial charge in [0.2, 0.25) is 5.88 Å². The Hall–Kier alpha value is -3.56. The number of ether oxygens (including phenoxy) is 1. The molecule has 3 heterocycles. The van der Waals surface area contributed by atoms with E-state index in [1.807, 2.05) is 0 Å². The first kappa shape index (κ1) is 17.8. The molecule has 144 valence electrons. The molecule has 1 atom stereocenters. The zero-order valence-electron chi connectivity index (χ0n) is 14.5. The van der Waals surface area contributed by atoms with Crippen molar-refractivity contribution < 1.29 is 23.1 Å². The lowest BCUT2D eigenvalue weighted by molar-refractivity contribution is -0.120. The monoisotopic (exact) mass is 387 g/mol. The van der Waals surface area contributed by atoms with Crippen LogP contribution >= 0.6 is 0 Å². The number of fused-ring (bicyclic) bond motifs is 1. The summed E-state index contributed by atoms with van der Waals surface area (Å²) in [4.78, 5) is 28.8. The minimum Gasteiger partial charge on any atom is -0.475 e. The van der Waals surface area contributed by atoms with Crippen molar-refractivity contribution in [2.24, 2.45) is 0 Å². The normalized spacial score (nSPS) is 16.2. The molecule has 28 heavy (non-hydrogen) atoms. The number of rotatable bonds is 4. The summed E-state index contributed by atoms with van der Waals surface area (Å²) in [6.45, 7) is 0.194. The van der Waals surface area contributed by atoms with E-state index < -0.39 is 23.6 Å². The van der Waals surface area contributed by atoms with Crippen molar-refractivity contribution in [2.75, 3.05) is 6.61 Å². The van der Waals surface area contributed by atoms with E-state index in [9.17, 15) is 18.4 Å². The number of ketones is 1. The van der Waals surface area contributed by atoms with Gasteiger partial charge in [-0.1, -0.05) is 6.07 Å². The average Bonchev–Trinajstić information content (AvgIpc) is 3.28. The lowest BCUT2D eigenvalue weighted by Crippen LogP contribution is -2.44. The van der Waals surface area contributed by atoms with E-state index in [0.717, 1.165) is 12.1 Å². The zero-order valence-corrected chi connectivity index (χ0v) is 14.5. The molecule has 0 radical (unpaired) electrons. The molecule has 3 aromatic rings. The Morgan fingerprint density at radius 3 is 3.04 bits per heavy atom. The van der Waals surface area contributed by atoms with Gasteiger partial charge in [-0.05, 0) is 17.7 Å². The maximum absolute atomic E-state index is 13.3. The van der Waals surface area contributed by atoms with E-state index in [-0.39, 0.29) is 31.0 Å². The van der Waals surface area contributed by atoms with E-state index >= 15 is 0 Å². The van der Waals surface area contributed by atoms with Crippen molar-refractivity contribution in [1.82, 2.24) is 25.1 Å². The molecule has 0 fully saturated rings. The second kappa shape index (κ2) is 7.22. The van der Waals surface area contributed by atoms with Gasteiger partial charge in [-0.15, -0.1) is 0 Å². The summed E-state index contributed by atoms with van der Waals surface area (Å²) in [7, 11) is 0. The number of nitrogens with one attached hydrogen (secondary N) is 2. The molecule has 1 amide bonds. The van der Waals surface area contributed by atoms with Gasteiger partial charge in [0, 0.05) is 24.7 Å². The van der Waals surface area contributed by atoms with Crippen molar-refractivity contribution >= 4 is 11.7 Å². The number of H-pyrrole nitrogens is 1. The first-order valence-corrected chi connectivity index (χ1v) is 8.44. The van der Waals surface area contributed by atoms with E-state index in [2.05, 4.69) is 20.5 Å². The lowest BCUT2D eigenvalue weighted by Gasteiger charge is -2.14. The fraction of sp³-hybridized carbons (Fsp3) is 0.222. The summed E-state index contributed by atoms with van der Waals surface area (Å²) < 4.78 is 33.3. The molecule has 1 aromatic carbocycles. The number of hydrogen-bond donors (Lipinski definition) is 2. The minimum absolute atomic E-state index is 0.0185. The van der Waals surface area contributed by atoms with Crippen molar-refractivity contribution in [2.45, 2.75) is 19.0 Å². The number of benzene rings is 1. The second-order valence-corrected chi connectivity index (χ2v) is 6.38. The minimum atomic E-state index is -0.942. The van der Waals surface area contributed by atoms with Crippen LogP contribution in [0.25, 0.3) is 0 Å². The molecule has 0 spiro atoms. The molecule has 10 heteroatoms. The standard InChI is InChI=1S/C18H15F2N5O3/c19-12-2-1-10(3-13(12)20)6-25-7-14(21-9-25)17(27)23-15-8-28-18-11(4-16(15)26)5-22-24-18/h1-3,5,7,9,15H,4,6,8H2,(H,22,24)(H,23,27)/t15-/m0/s1. The van der Waals surface area contributed by atoms with Gasteiger partial charge in [0.05, 0.1) is 12.5 Å². The third kappa shape index (κ3) is 3.61. The summed E-state index contributed by atoms with van der Waals surface area (Å²) >= 11 is 0. The van der Waals surface area contributed by atoms with Gasteiger partial charge in [0.1, 0.15) is 18.3 Å². The maximum atomic E-state index is 13.3. The van der Waals surface area contributed by atoms with Gasteiger partial charge < -0.3 is 14.6 Å². The summed E-state index contributed by atoms with van der Waals surface area (Å²) in [6, 6.07) is 2.76. The SMILES string of the molecule is O=C(N[C@H]1COc2[nH]ncc2CC1=O)c1cn(Cc2ccc(F)c(F)c2)cn1. The Balaban J connectivity index is 1.41. The van der Waals surface area contributed by atoms with Crippen LogP contribution in [-0.4, -0.2) is 44.1 Å². The molecule has 1 aliphatic rings. The first-order valence-electron chi connectivity index (χ1n) is 8.44. The van der Waals surface area contributed by atoms with Crippen LogP contribution in [0.15, 0.2) is 36.9 Å². The Labute approximate surface area is 157 Å². The van der Waals surface area contributed by atoms with Crippen molar-refractivity contribution in [3.8, 4) is 5.88 Å². The van der Waals surface area contributed by atoms with Crippen LogP contribution in [0.4, 0.5) is 8.78 Å². The number of aromatic amines is 1. The van der Waals surface area contributed by atoms with Crippen molar-refractivity contribution in [3.05, 3.63) is 65.4 Å². The molecule has 2 aromatic heterocycles. The van der Waals surface area contributed by atoms with Crippen molar-refractivity contribution in [3.63, 3.8) is 0 Å². The molecule has 0 aliphatic carbocycles. The first-order chi connectivity index (χ1) is 13.5. The van der Waals surface area contributed by atoms with E-state index in [1.165, 1.54) is 24.8 Å². The molecule has 4 rings (SSSR count). The number of carbonyl (C=O) groups excluding carboxylic acids is 2. The highest BCUT2D eigenvalue weighted by Gasteiger charge is 2.28. The maximum Gasteiger partial charge on any atom is 0.272 e. The van der Waals surface area contributed by atoms with Crippen LogP contribution in [0.5, 0.6) is 5.88 Å². The second-order valence-electron chi connectivity index (χ2n) is 6.38. The summed E-state index contributed by atoms with van der Waals surface area (Å²) in [5.74, 6) is -2.18.